The second kappa shape index (κ2) is 8.09. The number of hydrogen-bond acceptors (Lipinski definition) is 4. The highest BCUT2D eigenvalue weighted by Crippen LogP contribution is 2.34. The average Bonchev–Trinajstić information content (AvgIpc) is 3.06. The first-order chi connectivity index (χ1) is 13.9. The Morgan fingerprint density at radius 1 is 1.17 bits per heavy atom. The van der Waals surface area contributed by atoms with E-state index in [-0.39, 0.29) is 22.0 Å². The van der Waals surface area contributed by atoms with Gasteiger partial charge in [-0.3, -0.25) is 4.79 Å². The molecule has 3 N–H and O–H groups in total. The quantitative estimate of drug-likeness (QED) is 0.609. The summed E-state index contributed by atoms with van der Waals surface area (Å²) in [5, 5.41) is 11.2. The maximum atomic E-state index is 13.7. The molecule has 1 amide bonds. The molecule has 1 aromatic heterocycles. The van der Waals surface area contributed by atoms with E-state index in [1.807, 2.05) is 0 Å². The van der Waals surface area contributed by atoms with E-state index >= 15 is 0 Å². The molecule has 30 heavy (non-hydrogen) atoms. The van der Waals surface area contributed by atoms with E-state index in [1.165, 1.54) is 48.5 Å². The van der Waals surface area contributed by atoms with Crippen LogP contribution >= 0.6 is 11.6 Å². The van der Waals surface area contributed by atoms with Crippen LogP contribution in [-0.2, 0) is 22.0 Å². The van der Waals surface area contributed by atoms with Crippen molar-refractivity contribution < 1.29 is 26.4 Å². The van der Waals surface area contributed by atoms with Crippen LogP contribution < -0.4 is 10.5 Å². The van der Waals surface area contributed by atoms with Crippen molar-refractivity contribution in [1.29, 1.82) is 0 Å². The molecule has 2 aromatic carbocycles. The van der Waals surface area contributed by atoms with Crippen LogP contribution in [0, 0.1) is 0 Å². The molecule has 0 unspecified atom stereocenters. The molecule has 12 heteroatoms. The fraction of sp³-hybridized carbons (Fsp3) is 0.111. The number of primary sulfonamides is 1. The Balaban J connectivity index is 1.96. The number of carbonyl (C=O) groups excluding carboxylic acids is 1. The van der Waals surface area contributed by atoms with Crippen molar-refractivity contribution in [2.45, 2.75) is 11.9 Å². The van der Waals surface area contributed by atoms with Crippen molar-refractivity contribution in [3.05, 3.63) is 76.6 Å². The number of rotatable bonds is 5. The van der Waals surface area contributed by atoms with Gasteiger partial charge < -0.3 is 5.32 Å². The number of sulfonamides is 1. The van der Waals surface area contributed by atoms with Crippen molar-refractivity contribution in [3.8, 4) is 5.69 Å². The van der Waals surface area contributed by atoms with Gasteiger partial charge in [-0.25, -0.2) is 18.2 Å². The number of carbonyl (C=O) groups is 1. The Morgan fingerprint density at radius 2 is 1.87 bits per heavy atom. The number of benzene rings is 2. The van der Waals surface area contributed by atoms with Crippen LogP contribution in [-0.4, -0.2) is 24.1 Å². The number of anilines is 1. The molecule has 0 aliphatic heterocycles. The largest absolute Gasteiger partial charge is 0.434 e. The molecule has 1 heterocycles. The molecule has 0 saturated carbocycles. The highest BCUT2D eigenvalue weighted by Gasteiger charge is 2.40. The van der Waals surface area contributed by atoms with Crippen molar-refractivity contribution in [2.75, 3.05) is 5.32 Å². The van der Waals surface area contributed by atoms with Gasteiger partial charge in [0.25, 0.3) is 5.91 Å². The summed E-state index contributed by atoms with van der Waals surface area (Å²) in [6.45, 7) is 0. The second-order valence-electron chi connectivity index (χ2n) is 6.26. The van der Waals surface area contributed by atoms with Crippen LogP contribution in [0.3, 0.4) is 0 Å². The van der Waals surface area contributed by atoms with E-state index in [2.05, 4.69) is 10.4 Å². The summed E-state index contributed by atoms with van der Waals surface area (Å²) in [7, 11) is -3.82. The van der Waals surface area contributed by atoms with E-state index < -0.39 is 39.1 Å². The molecule has 0 bridgehead atoms. The van der Waals surface area contributed by atoms with Crippen LogP contribution in [0.5, 0.6) is 0 Å². The fourth-order valence-electron chi connectivity index (χ4n) is 2.76. The normalized spacial score (nSPS) is 12.0. The maximum Gasteiger partial charge on any atom is 0.434 e. The van der Waals surface area contributed by atoms with E-state index in [9.17, 15) is 26.4 Å². The summed E-state index contributed by atoms with van der Waals surface area (Å²) in [5.74, 6) is -1.56. The zero-order valence-corrected chi connectivity index (χ0v) is 16.6. The Bertz CT molecular complexity index is 1210. The molecule has 0 saturated heterocycles. The van der Waals surface area contributed by atoms with Gasteiger partial charge in [0.05, 0.1) is 23.2 Å². The van der Waals surface area contributed by atoms with Gasteiger partial charge in [-0.05, 0) is 35.9 Å². The van der Waals surface area contributed by atoms with Gasteiger partial charge in [0.1, 0.15) is 0 Å². The first-order valence-electron chi connectivity index (χ1n) is 8.26. The lowest BCUT2D eigenvalue weighted by molar-refractivity contribution is -0.143. The molecule has 0 aliphatic carbocycles. The van der Waals surface area contributed by atoms with Crippen LogP contribution in [0.1, 0.15) is 21.6 Å². The maximum absolute atomic E-state index is 13.7. The highest BCUT2D eigenvalue weighted by molar-refractivity contribution is 7.88. The minimum absolute atomic E-state index is 0.0315. The summed E-state index contributed by atoms with van der Waals surface area (Å²) < 4.78 is 64.2. The predicted molar refractivity (Wildman–Crippen MR) is 105 cm³/mol. The Kier molecular flexibility index (Phi) is 5.88. The van der Waals surface area contributed by atoms with E-state index in [0.29, 0.717) is 4.68 Å². The third-order valence-electron chi connectivity index (χ3n) is 3.89. The Labute approximate surface area is 174 Å². The molecule has 158 valence electrons. The summed E-state index contributed by atoms with van der Waals surface area (Å²) in [5.41, 5.74) is -1.59. The SMILES string of the molecule is NS(=O)(=O)Cc1cccc(NC(=O)c2cnn(-c3cccc(Cl)c3)c2C(F)(F)F)c1. The minimum atomic E-state index is -4.89. The lowest BCUT2D eigenvalue weighted by atomic mass is 10.2. The van der Waals surface area contributed by atoms with Gasteiger partial charge in [-0.15, -0.1) is 0 Å². The zero-order chi connectivity index (χ0) is 22.1. The lowest BCUT2D eigenvalue weighted by Crippen LogP contribution is -2.21. The van der Waals surface area contributed by atoms with Crippen molar-refractivity contribution in [3.63, 3.8) is 0 Å². The van der Waals surface area contributed by atoms with Crippen molar-refractivity contribution in [2.24, 2.45) is 5.14 Å². The van der Waals surface area contributed by atoms with Gasteiger partial charge in [-0.1, -0.05) is 29.8 Å². The average molecular weight is 459 g/mol. The summed E-state index contributed by atoms with van der Waals surface area (Å²) in [4.78, 5) is 12.6. The second-order valence-corrected chi connectivity index (χ2v) is 8.31. The highest BCUT2D eigenvalue weighted by atomic mass is 35.5. The molecular formula is C18H14ClF3N4O3S. The number of nitrogens with two attached hydrogens (primary N) is 1. The summed E-state index contributed by atoms with van der Waals surface area (Å²) in [6.07, 6.45) is -4.09. The van der Waals surface area contributed by atoms with Gasteiger partial charge in [-0.2, -0.15) is 18.3 Å². The predicted octanol–water partition coefficient (Wildman–Crippen LogP) is 3.59. The zero-order valence-electron chi connectivity index (χ0n) is 15.0. The number of amides is 1. The topological polar surface area (TPSA) is 107 Å². The van der Waals surface area contributed by atoms with Gasteiger partial charge in [0, 0.05) is 10.7 Å². The Hall–Kier alpha value is -2.89. The van der Waals surface area contributed by atoms with Crippen LogP contribution in [0.4, 0.5) is 18.9 Å². The number of aromatic nitrogens is 2. The molecular weight excluding hydrogens is 445 g/mol. The fourth-order valence-corrected chi connectivity index (χ4v) is 3.59. The first kappa shape index (κ1) is 21.8. The molecule has 0 aliphatic rings. The monoisotopic (exact) mass is 458 g/mol. The number of nitrogens with zero attached hydrogens (tertiary/aromatic N) is 2. The number of halogens is 4. The lowest BCUT2D eigenvalue weighted by Gasteiger charge is -2.13. The smallest absolute Gasteiger partial charge is 0.322 e. The third-order valence-corrected chi connectivity index (χ3v) is 4.86. The standard InChI is InChI=1S/C18H14ClF3N4O3S/c19-12-4-2-6-14(8-12)26-16(18(20,21)22)15(9-24-26)17(27)25-13-5-1-3-11(7-13)10-30(23,28)29/h1-9H,10H2,(H,25,27)(H2,23,28,29). The molecule has 0 radical (unpaired) electrons. The molecule has 0 spiro atoms. The van der Waals surface area contributed by atoms with E-state index in [4.69, 9.17) is 16.7 Å². The number of nitrogens with one attached hydrogen (secondary N) is 1. The van der Waals surface area contributed by atoms with Gasteiger partial charge >= 0.3 is 6.18 Å². The van der Waals surface area contributed by atoms with E-state index in [0.717, 1.165) is 6.20 Å². The summed E-state index contributed by atoms with van der Waals surface area (Å²) in [6, 6.07) is 11.2. The minimum Gasteiger partial charge on any atom is -0.322 e. The summed E-state index contributed by atoms with van der Waals surface area (Å²) >= 11 is 5.85. The van der Waals surface area contributed by atoms with Crippen molar-refractivity contribution in [1.82, 2.24) is 9.78 Å². The van der Waals surface area contributed by atoms with Crippen LogP contribution in [0.2, 0.25) is 5.02 Å². The van der Waals surface area contributed by atoms with E-state index in [1.54, 1.807) is 0 Å². The third kappa shape index (κ3) is 5.17. The molecule has 3 rings (SSSR count). The van der Waals surface area contributed by atoms with Crippen LogP contribution in [0.15, 0.2) is 54.7 Å². The van der Waals surface area contributed by atoms with Gasteiger partial charge in [0.15, 0.2) is 5.69 Å². The molecule has 3 aromatic rings. The van der Waals surface area contributed by atoms with Crippen LogP contribution in [0.25, 0.3) is 5.69 Å². The molecule has 7 nitrogen and oxygen atoms in total. The Morgan fingerprint density at radius 3 is 2.50 bits per heavy atom. The number of alkyl halides is 3. The molecule has 0 atom stereocenters. The van der Waals surface area contributed by atoms with Gasteiger partial charge in [0.2, 0.25) is 10.0 Å². The van der Waals surface area contributed by atoms with Crippen molar-refractivity contribution >= 4 is 33.2 Å². The first-order valence-corrected chi connectivity index (χ1v) is 10.4. The number of hydrogen-bond donors (Lipinski definition) is 2. The molecule has 0 fully saturated rings.